The van der Waals surface area contributed by atoms with E-state index in [0.717, 1.165) is 35.1 Å². The summed E-state index contributed by atoms with van der Waals surface area (Å²) in [6, 6.07) is 26.5. The van der Waals surface area contributed by atoms with Crippen molar-refractivity contribution in [2.75, 3.05) is 22.1 Å². The van der Waals surface area contributed by atoms with Gasteiger partial charge in [-0.25, -0.2) is 4.98 Å². The quantitative estimate of drug-likeness (QED) is 0.387. The SMILES string of the molecule is N#Cc1ccc(N(Cc2cccnc2N2CCSc3ccccc32)c2cccnc2)cc1. The van der Waals surface area contributed by atoms with Crippen molar-refractivity contribution in [2.24, 2.45) is 0 Å². The first-order valence-corrected chi connectivity index (χ1v) is 11.4. The minimum absolute atomic E-state index is 0.632. The summed E-state index contributed by atoms with van der Waals surface area (Å²) in [5.41, 5.74) is 4.96. The summed E-state index contributed by atoms with van der Waals surface area (Å²) in [6.45, 7) is 1.54. The lowest BCUT2D eigenvalue weighted by Crippen LogP contribution is -2.27. The number of nitriles is 1. The van der Waals surface area contributed by atoms with Gasteiger partial charge in [-0.05, 0) is 54.6 Å². The van der Waals surface area contributed by atoms with Crippen LogP contribution < -0.4 is 9.80 Å². The second-order valence-electron chi connectivity index (χ2n) is 7.41. The first-order valence-electron chi connectivity index (χ1n) is 10.4. The molecule has 0 unspecified atom stereocenters. The van der Waals surface area contributed by atoms with E-state index in [-0.39, 0.29) is 0 Å². The lowest BCUT2D eigenvalue weighted by atomic mass is 10.1. The Labute approximate surface area is 192 Å². The Balaban J connectivity index is 1.55. The maximum atomic E-state index is 9.19. The molecule has 2 aromatic carbocycles. The number of hydrogen-bond donors (Lipinski definition) is 0. The molecule has 2 aromatic heterocycles. The standard InChI is InChI=1S/C26H21N5S/c27-17-20-9-11-22(12-10-20)31(23-6-4-13-28-18-23)19-21-5-3-14-29-26(21)30-15-16-32-25-8-2-1-7-24(25)30/h1-14,18H,15-16,19H2. The van der Waals surface area contributed by atoms with Gasteiger partial charge in [0.1, 0.15) is 5.82 Å². The van der Waals surface area contributed by atoms with Gasteiger partial charge in [0, 0.05) is 40.8 Å². The first kappa shape index (κ1) is 20.1. The van der Waals surface area contributed by atoms with E-state index in [0.29, 0.717) is 12.1 Å². The first-order chi connectivity index (χ1) is 15.8. The molecule has 5 rings (SSSR count). The Kier molecular flexibility index (Phi) is 5.73. The second kappa shape index (κ2) is 9.13. The molecule has 0 fully saturated rings. The zero-order valence-electron chi connectivity index (χ0n) is 17.4. The van der Waals surface area contributed by atoms with Gasteiger partial charge in [-0.3, -0.25) is 4.98 Å². The molecule has 0 atom stereocenters. The molecule has 6 heteroatoms. The van der Waals surface area contributed by atoms with Crippen LogP contribution in [0.4, 0.5) is 22.9 Å². The highest BCUT2D eigenvalue weighted by molar-refractivity contribution is 7.99. The number of pyridine rings is 2. The van der Waals surface area contributed by atoms with Crippen LogP contribution >= 0.6 is 11.8 Å². The number of anilines is 4. The van der Waals surface area contributed by atoms with Crippen LogP contribution in [0.25, 0.3) is 0 Å². The van der Waals surface area contributed by atoms with Crippen LogP contribution in [-0.4, -0.2) is 22.3 Å². The molecule has 4 aromatic rings. The molecule has 1 aliphatic rings. The topological polar surface area (TPSA) is 56.1 Å². The zero-order chi connectivity index (χ0) is 21.8. The summed E-state index contributed by atoms with van der Waals surface area (Å²) in [4.78, 5) is 14.9. The third kappa shape index (κ3) is 4.03. The van der Waals surface area contributed by atoms with Crippen molar-refractivity contribution in [1.29, 1.82) is 5.26 Å². The predicted molar refractivity (Wildman–Crippen MR) is 130 cm³/mol. The highest BCUT2D eigenvalue weighted by Gasteiger charge is 2.23. The zero-order valence-corrected chi connectivity index (χ0v) is 18.2. The smallest absolute Gasteiger partial charge is 0.138 e. The average Bonchev–Trinajstić information content (AvgIpc) is 2.88. The normalized spacial score (nSPS) is 12.7. The van der Waals surface area contributed by atoms with E-state index in [4.69, 9.17) is 4.98 Å². The summed E-state index contributed by atoms with van der Waals surface area (Å²) in [7, 11) is 0. The fourth-order valence-electron chi connectivity index (χ4n) is 3.92. The number of hydrogen-bond acceptors (Lipinski definition) is 6. The Morgan fingerprint density at radius 1 is 0.938 bits per heavy atom. The number of para-hydroxylation sites is 1. The number of fused-ring (bicyclic) bond motifs is 1. The minimum Gasteiger partial charge on any atom is -0.336 e. The van der Waals surface area contributed by atoms with E-state index in [1.807, 2.05) is 66.6 Å². The van der Waals surface area contributed by atoms with Crippen LogP contribution in [0.15, 0.2) is 96.3 Å². The third-order valence-electron chi connectivity index (χ3n) is 5.45. The van der Waals surface area contributed by atoms with E-state index >= 15 is 0 Å². The number of nitrogens with zero attached hydrogens (tertiary/aromatic N) is 5. The summed E-state index contributed by atoms with van der Waals surface area (Å²) in [5, 5.41) is 9.19. The van der Waals surface area contributed by atoms with E-state index in [1.54, 1.807) is 6.20 Å². The molecule has 0 saturated heterocycles. The van der Waals surface area contributed by atoms with Crippen molar-refractivity contribution in [3.05, 3.63) is 103 Å². The summed E-state index contributed by atoms with van der Waals surface area (Å²) in [5.74, 6) is 2.00. The molecule has 0 saturated carbocycles. The van der Waals surface area contributed by atoms with Crippen LogP contribution in [0.3, 0.4) is 0 Å². The van der Waals surface area contributed by atoms with Gasteiger partial charge in [0.2, 0.25) is 0 Å². The number of aromatic nitrogens is 2. The van der Waals surface area contributed by atoms with Gasteiger partial charge in [-0.1, -0.05) is 18.2 Å². The Morgan fingerprint density at radius 3 is 2.59 bits per heavy atom. The molecule has 3 heterocycles. The van der Waals surface area contributed by atoms with E-state index in [9.17, 15) is 5.26 Å². The maximum absolute atomic E-state index is 9.19. The highest BCUT2D eigenvalue weighted by atomic mass is 32.2. The van der Waals surface area contributed by atoms with Gasteiger partial charge in [-0.2, -0.15) is 5.26 Å². The summed E-state index contributed by atoms with van der Waals surface area (Å²) in [6.07, 6.45) is 5.50. The molecule has 0 N–H and O–H groups in total. The lowest BCUT2D eigenvalue weighted by molar-refractivity contribution is 0.910. The van der Waals surface area contributed by atoms with Crippen LogP contribution in [0, 0.1) is 11.3 Å². The maximum Gasteiger partial charge on any atom is 0.138 e. The fourth-order valence-corrected chi connectivity index (χ4v) is 4.91. The monoisotopic (exact) mass is 435 g/mol. The van der Waals surface area contributed by atoms with Gasteiger partial charge < -0.3 is 9.80 Å². The molecule has 0 amide bonds. The average molecular weight is 436 g/mol. The molecule has 156 valence electrons. The van der Waals surface area contributed by atoms with Crippen LogP contribution in [-0.2, 0) is 6.54 Å². The van der Waals surface area contributed by atoms with E-state index < -0.39 is 0 Å². The van der Waals surface area contributed by atoms with Crippen molar-refractivity contribution in [3.63, 3.8) is 0 Å². The Hall–Kier alpha value is -3.82. The van der Waals surface area contributed by atoms with Crippen LogP contribution in [0.2, 0.25) is 0 Å². The van der Waals surface area contributed by atoms with Crippen molar-refractivity contribution in [2.45, 2.75) is 11.4 Å². The van der Waals surface area contributed by atoms with Gasteiger partial charge in [0.15, 0.2) is 0 Å². The van der Waals surface area contributed by atoms with Crippen LogP contribution in [0.1, 0.15) is 11.1 Å². The van der Waals surface area contributed by atoms with Gasteiger partial charge in [0.25, 0.3) is 0 Å². The number of benzene rings is 2. The van der Waals surface area contributed by atoms with Crippen molar-refractivity contribution in [1.82, 2.24) is 9.97 Å². The third-order valence-corrected chi connectivity index (χ3v) is 6.49. The van der Waals surface area contributed by atoms with Crippen molar-refractivity contribution < 1.29 is 0 Å². The van der Waals surface area contributed by atoms with Crippen molar-refractivity contribution >= 4 is 34.6 Å². The van der Waals surface area contributed by atoms with Crippen molar-refractivity contribution in [3.8, 4) is 6.07 Å². The predicted octanol–water partition coefficient (Wildman–Crippen LogP) is 5.93. The molecule has 0 bridgehead atoms. The molecule has 1 aliphatic heterocycles. The lowest BCUT2D eigenvalue weighted by Gasteiger charge is -2.32. The largest absolute Gasteiger partial charge is 0.336 e. The van der Waals surface area contributed by atoms with Crippen LogP contribution in [0.5, 0.6) is 0 Å². The van der Waals surface area contributed by atoms with E-state index in [2.05, 4.69) is 51.2 Å². The Bertz CT molecular complexity index is 1250. The minimum atomic E-state index is 0.632. The summed E-state index contributed by atoms with van der Waals surface area (Å²) < 4.78 is 0. The molecule has 5 nitrogen and oxygen atoms in total. The fraction of sp³-hybridized carbons (Fsp3) is 0.115. The van der Waals surface area contributed by atoms with Gasteiger partial charge in [-0.15, -0.1) is 11.8 Å². The second-order valence-corrected chi connectivity index (χ2v) is 8.55. The molecule has 32 heavy (non-hydrogen) atoms. The summed E-state index contributed by atoms with van der Waals surface area (Å²) >= 11 is 1.89. The Morgan fingerprint density at radius 2 is 1.78 bits per heavy atom. The van der Waals surface area contributed by atoms with Gasteiger partial charge in [0.05, 0.1) is 35.7 Å². The number of rotatable bonds is 5. The molecular weight excluding hydrogens is 414 g/mol. The molecular formula is C26H21N5S. The molecule has 0 radical (unpaired) electrons. The molecule has 0 spiro atoms. The number of thioether (sulfide) groups is 1. The van der Waals surface area contributed by atoms with E-state index in [1.165, 1.54) is 10.6 Å². The molecule has 0 aliphatic carbocycles. The van der Waals surface area contributed by atoms with Gasteiger partial charge >= 0.3 is 0 Å². The highest BCUT2D eigenvalue weighted by Crippen LogP contribution is 2.39.